The summed E-state index contributed by atoms with van der Waals surface area (Å²) in [5.41, 5.74) is 2.64. The Balaban J connectivity index is 2.16. The van der Waals surface area contributed by atoms with Crippen LogP contribution in [0.4, 0.5) is 11.4 Å². The molecule has 1 amide bonds. The van der Waals surface area contributed by atoms with Crippen molar-refractivity contribution in [3.63, 3.8) is 0 Å². The van der Waals surface area contributed by atoms with Crippen LogP contribution in [0.25, 0.3) is 0 Å². The van der Waals surface area contributed by atoms with Crippen molar-refractivity contribution in [3.05, 3.63) is 59.2 Å². The van der Waals surface area contributed by atoms with E-state index in [1.807, 2.05) is 0 Å². The Morgan fingerprint density at radius 2 is 1.62 bits per heavy atom. The lowest BCUT2D eigenvalue weighted by molar-refractivity contribution is 0.0526. The molecule has 2 aromatic rings. The van der Waals surface area contributed by atoms with Crippen molar-refractivity contribution < 1.29 is 22.7 Å². The van der Waals surface area contributed by atoms with Crippen LogP contribution in [-0.4, -0.2) is 39.2 Å². The predicted octanol–water partition coefficient (Wildman–Crippen LogP) is 3.60. The summed E-state index contributed by atoms with van der Waals surface area (Å²) in [4.78, 5) is 24.4. The molecule has 0 radical (unpaired) electrons. The zero-order valence-corrected chi connectivity index (χ0v) is 17.9. The third-order valence-corrected chi connectivity index (χ3v) is 6.26. The van der Waals surface area contributed by atoms with Gasteiger partial charge in [-0.15, -0.1) is 0 Å². The number of esters is 1. The van der Waals surface area contributed by atoms with Crippen molar-refractivity contribution in [2.45, 2.75) is 27.7 Å². The van der Waals surface area contributed by atoms with Gasteiger partial charge in [-0.25, -0.2) is 13.2 Å². The minimum Gasteiger partial charge on any atom is -0.462 e. The highest BCUT2D eigenvalue weighted by molar-refractivity contribution is 7.92. The van der Waals surface area contributed by atoms with E-state index in [0.717, 1.165) is 5.56 Å². The first kappa shape index (κ1) is 22.4. The number of nitrogens with one attached hydrogen (secondary N) is 1. The number of ether oxygens (including phenoxy) is 1. The molecular weight excluding hydrogens is 392 g/mol. The average molecular weight is 419 g/mol. The molecule has 0 atom stereocenters. The first-order valence-electron chi connectivity index (χ1n) is 9.43. The number of rotatable bonds is 8. The number of anilines is 2. The molecule has 0 aromatic heterocycles. The molecule has 0 saturated heterocycles. The van der Waals surface area contributed by atoms with E-state index in [2.05, 4.69) is 5.32 Å². The van der Waals surface area contributed by atoms with Gasteiger partial charge in [-0.3, -0.25) is 9.10 Å². The molecule has 1 N–H and O–H groups in total. The van der Waals surface area contributed by atoms with Gasteiger partial charge in [0.05, 0.1) is 23.6 Å². The number of nitrogens with zero attached hydrogens (tertiary/aromatic N) is 1. The summed E-state index contributed by atoms with van der Waals surface area (Å²) in [7, 11) is -3.37. The number of benzene rings is 2. The highest BCUT2D eigenvalue weighted by Gasteiger charge is 2.19. The van der Waals surface area contributed by atoms with Crippen LogP contribution in [-0.2, 0) is 14.8 Å². The van der Waals surface area contributed by atoms with Gasteiger partial charge in [-0.1, -0.05) is 0 Å². The zero-order chi connectivity index (χ0) is 21.6. The maximum absolute atomic E-state index is 12.6. The van der Waals surface area contributed by atoms with Crippen LogP contribution < -0.4 is 9.62 Å². The van der Waals surface area contributed by atoms with E-state index in [9.17, 15) is 18.0 Å². The van der Waals surface area contributed by atoms with Gasteiger partial charge in [0.1, 0.15) is 0 Å². The first-order valence-corrected chi connectivity index (χ1v) is 11.0. The van der Waals surface area contributed by atoms with E-state index in [1.54, 1.807) is 70.2 Å². The molecule has 0 aliphatic heterocycles. The molecule has 0 unspecified atom stereocenters. The van der Waals surface area contributed by atoms with Crippen LogP contribution in [0.5, 0.6) is 0 Å². The maximum atomic E-state index is 12.6. The lowest BCUT2D eigenvalue weighted by atomic mass is 10.1. The van der Waals surface area contributed by atoms with Gasteiger partial charge in [0.25, 0.3) is 5.91 Å². The molecule has 7 nitrogen and oxygen atoms in total. The lowest BCUT2D eigenvalue weighted by Crippen LogP contribution is -2.32. The van der Waals surface area contributed by atoms with E-state index in [0.29, 0.717) is 35.7 Å². The first-order chi connectivity index (χ1) is 13.7. The van der Waals surface area contributed by atoms with Gasteiger partial charge in [-0.2, -0.15) is 0 Å². The van der Waals surface area contributed by atoms with Crippen molar-refractivity contribution in [2.75, 3.05) is 28.5 Å². The summed E-state index contributed by atoms with van der Waals surface area (Å²) in [5, 5.41) is 2.81. The summed E-state index contributed by atoms with van der Waals surface area (Å²) < 4.78 is 30.6. The monoisotopic (exact) mass is 418 g/mol. The molecular formula is C21H26N2O5S. The SMILES string of the molecule is CCOC(=O)c1ccc(NC(=O)c2ccc(N(CC)S(=O)(=O)CC)cc2)c(C)c1. The van der Waals surface area contributed by atoms with Crippen molar-refractivity contribution in [1.29, 1.82) is 0 Å². The van der Waals surface area contributed by atoms with Crippen molar-refractivity contribution in [3.8, 4) is 0 Å². The minimum atomic E-state index is -3.37. The summed E-state index contributed by atoms with van der Waals surface area (Å²) in [5.74, 6) is -0.735. The highest BCUT2D eigenvalue weighted by Crippen LogP contribution is 2.21. The van der Waals surface area contributed by atoms with Gasteiger partial charge < -0.3 is 10.1 Å². The second-order valence-electron chi connectivity index (χ2n) is 6.32. The van der Waals surface area contributed by atoms with E-state index in [-0.39, 0.29) is 11.7 Å². The molecule has 29 heavy (non-hydrogen) atoms. The fourth-order valence-electron chi connectivity index (χ4n) is 2.81. The molecule has 0 spiro atoms. The third kappa shape index (κ3) is 5.35. The molecule has 0 bridgehead atoms. The Kier molecular flexibility index (Phi) is 7.39. The molecule has 2 aromatic carbocycles. The molecule has 8 heteroatoms. The van der Waals surface area contributed by atoms with Crippen LogP contribution in [0.3, 0.4) is 0 Å². The number of hydrogen-bond acceptors (Lipinski definition) is 5. The number of amides is 1. The van der Waals surface area contributed by atoms with Crippen LogP contribution in [0.1, 0.15) is 47.1 Å². The Labute approximate surface area is 171 Å². The molecule has 2 rings (SSSR count). The van der Waals surface area contributed by atoms with Crippen LogP contribution >= 0.6 is 0 Å². The van der Waals surface area contributed by atoms with Gasteiger partial charge in [0.15, 0.2) is 0 Å². The van der Waals surface area contributed by atoms with E-state index in [1.165, 1.54) is 4.31 Å². The summed E-state index contributed by atoms with van der Waals surface area (Å²) >= 11 is 0. The van der Waals surface area contributed by atoms with E-state index < -0.39 is 16.0 Å². The average Bonchev–Trinajstić information content (AvgIpc) is 2.70. The van der Waals surface area contributed by atoms with Crippen LogP contribution in [0.15, 0.2) is 42.5 Å². The lowest BCUT2D eigenvalue weighted by Gasteiger charge is -2.22. The Morgan fingerprint density at radius 3 is 2.14 bits per heavy atom. The molecule has 0 fully saturated rings. The number of carbonyl (C=O) groups is 2. The van der Waals surface area contributed by atoms with Crippen molar-refractivity contribution in [1.82, 2.24) is 0 Å². The standard InChI is InChI=1S/C21H26N2O5S/c1-5-23(29(26,27)7-3)18-11-8-16(9-12-18)20(24)22-19-13-10-17(14-15(19)4)21(25)28-6-2/h8-14H,5-7H2,1-4H3,(H,22,24). The van der Waals surface area contributed by atoms with Gasteiger partial charge in [-0.05, 0) is 75.7 Å². The van der Waals surface area contributed by atoms with E-state index in [4.69, 9.17) is 4.74 Å². The predicted molar refractivity (Wildman–Crippen MR) is 114 cm³/mol. The smallest absolute Gasteiger partial charge is 0.338 e. The summed E-state index contributed by atoms with van der Waals surface area (Å²) in [6.07, 6.45) is 0. The summed E-state index contributed by atoms with van der Waals surface area (Å²) in [6, 6.07) is 11.3. The largest absolute Gasteiger partial charge is 0.462 e. The van der Waals surface area contributed by atoms with Gasteiger partial charge in [0, 0.05) is 17.8 Å². The van der Waals surface area contributed by atoms with Gasteiger partial charge >= 0.3 is 5.97 Å². The maximum Gasteiger partial charge on any atom is 0.338 e. The van der Waals surface area contributed by atoms with Crippen molar-refractivity contribution in [2.24, 2.45) is 0 Å². The van der Waals surface area contributed by atoms with Crippen molar-refractivity contribution >= 4 is 33.3 Å². The Hall–Kier alpha value is -2.87. The van der Waals surface area contributed by atoms with Crippen LogP contribution in [0.2, 0.25) is 0 Å². The topological polar surface area (TPSA) is 92.8 Å². The summed E-state index contributed by atoms with van der Waals surface area (Å²) in [6.45, 7) is 7.49. The Morgan fingerprint density at radius 1 is 1.00 bits per heavy atom. The second-order valence-corrected chi connectivity index (χ2v) is 8.50. The second kappa shape index (κ2) is 9.56. The Bertz CT molecular complexity index is 985. The number of sulfonamides is 1. The highest BCUT2D eigenvalue weighted by atomic mass is 32.2. The third-order valence-electron chi connectivity index (χ3n) is 4.39. The molecule has 0 aliphatic rings. The zero-order valence-electron chi connectivity index (χ0n) is 17.1. The van der Waals surface area contributed by atoms with Crippen LogP contribution in [0, 0.1) is 6.92 Å². The molecule has 0 heterocycles. The number of carbonyl (C=O) groups excluding carboxylic acids is 2. The van der Waals surface area contributed by atoms with Gasteiger partial charge in [0.2, 0.25) is 10.0 Å². The fraction of sp³-hybridized carbons (Fsp3) is 0.333. The quantitative estimate of drug-likeness (QED) is 0.661. The molecule has 0 aliphatic carbocycles. The molecule has 156 valence electrons. The van der Waals surface area contributed by atoms with E-state index >= 15 is 0 Å². The number of aryl methyl sites for hydroxylation is 1. The fourth-order valence-corrected chi connectivity index (χ4v) is 3.96. The normalized spacial score (nSPS) is 11.0. The molecule has 0 saturated carbocycles. The number of hydrogen-bond donors (Lipinski definition) is 1. The minimum absolute atomic E-state index is 0.00412.